The van der Waals surface area contributed by atoms with Crippen LogP contribution < -0.4 is 0 Å². The van der Waals surface area contributed by atoms with Crippen LogP contribution in [0, 0.1) is 0 Å². The zero-order valence-electron chi connectivity index (χ0n) is 12.2. The van der Waals surface area contributed by atoms with E-state index in [0.29, 0.717) is 0 Å². The summed E-state index contributed by atoms with van der Waals surface area (Å²) < 4.78 is 11.4. The van der Waals surface area contributed by atoms with Crippen LogP contribution in [-0.2, 0) is 9.47 Å². The van der Waals surface area contributed by atoms with E-state index < -0.39 is 8.80 Å². The van der Waals surface area contributed by atoms with Gasteiger partial charge < -0.3 is 9.47 Å². The Balaban J connectivity index is 2.04. The van der Waals surface area contributed by atoms with Gasteiger partial charge in [0.2, 0.25) is 0 Å². The van der Waals surface area contributed by atoms with E-state index in [1.165, 1.54) is 64.2 Å². The predicted octanol–water partition coefficient (Wildman–Crippen LogP) is 4.04. The van der Waals surface area contributed by atoms with E-state index in [0.717, 1.165) is 11.1 Å². The van der Waals surface area contributed by atoms with Crippen LogP contribution in [0.5, 0.6) is 0 Å². The summed E-state index contributed by atoms with van der Waals surface area (Å²) in [5, 5.41) is 0. The zero-order valence-corrected chi connectivity index (χ0v) is 13.4. The van der Waals surface area contributed by atoms with Gasteiger partial charge in [-0.1, -0.05) is 64.2 Å². The number of hydrogen-bond acceptors (Lipinski definition) is 2. The highest BCUT2D eigenvalue weighted by atomic mass is 28.3. The van der Waals surface area contributed by atoms with Crippen molar-refractivity contribution in [2.75, 3.05) is 14.2 Å². The molecule has 0 amide bonds. The van der Waals surface area contributed by atoms with Gasteiger partial charge in [0.05, 0.1) is 0 Å². The number of hydrogen-bond donors (Lipinski definition) is 0. The topological polar surface area (TPSA) is 18.5 Å². The molecule has 0 atom stereocenters. The minimum Gasteiger partial charge on any atom is -0.360 e. The van der Waals surface area contributed by atoms with Crippen LogP contribution in [-0.4, -0.2) is 28.9 Å². The molecule has 0 aromatic heterocycles. The maximum Gasteiger partial charge on any atom is 0.138 e. The summed E-state index contributed by atoms with van der Waals surface area (Å²) in [4.78, 5) is 0. The Hall–Kier alpha value is 0.137. The van der Waals surface area contributed by atoms with Crippen molar-refractivity contribution in [3.8, 4) is 0 Å². The van der Waals surface area contributed by atoms with Gasteiger partial charge in [-0.25, -0.2) is 0 Å². The third-order valence-corrected chi connectivity index (χ3v) is 9.85. The van der Waals surface area contributed by atoms with Gasteiger partial charge in [0.1, 0.15) is 14.7 Å². The lowest BCUT2D eigenvalue weighted by molar-refractivity contribution is -0.0500. The van der Waals surface area contributed by atoms with E-state index in [2.05, 4.69) is 0 Å². The van der Waals surface area contributed by atoms with E-state index in [9.17, 15) is 0 Å². The Bertz CT molecular complexity index is 201. The molecule has 0 heterocycles. The summed E-state index contributed by atoms with van der Waals surface area (Å²) in [6, 6.07) is 0. The van der Waals surface area contributed by atoms with Crippen molar-refractivity contribution >= 4 is 8.80 Å². The molecule has 18 heavy (non-hydrogen) atoms. The van der Waals surface area contributed by atoms with Crippen molar-refractivity contribution in [2.45, 2.75) is 81.2 Å². The smallest absolute Gasteiger partial charge is 0.138 e. The SMILES string of the molecule is COC(OC)[SiH](C1CCCCC1)C1CCCCC1. The predicted molar refractivity (Wildman–Crippen MR) is 78.6 cm³/mol. The average Bonchev–Trinajstić information content (AvgIpc) is 2.46. The van der Waals surface area contributed by atoms with Gasteiger partial charge in [-0.2, -0.15) is 0 Å². The van der Waals surface area contributed by atoms with Gasteiger partial charge >= 0.3 is 0 Å². The molecule has 2 aliphatic rings. The van der Waals surface area contributed by atoms with E-state index in [-0.39, 0.29) is 5.91 Å². The van der Waals surface area contributed by atoms with Crippen molar-refractivity contribution in [1.29, 1.82) is 0 Å². The largest absolute Gasteiger partial charge is 0.360 e. The van der Waals surface area contributed by atoms with Gasteiger partial charge in [0, 0.05) is 14.2 Å². The van der Waals surface area contributed by atoms with Crippen LogP contribution in [0.25, 0.3) is 0 Å². The Morgan fingerprint density at radius 1 is 0.722 bits per heavy atom. The molecular weight excluding hydrogens is 240 g/mol. The molecule has 2 saturated carbocycles. The van der Waals surface area contributed by atoms with Crippen molar-refractivity contribution < 1.29 is 9.47 Å². The molecule has 0 radical (unpaired) electrons. The first-order valence-electron chi connectivity index (χ1n) is 7.92. The molecule has 0 aromatic carbocycles. The number of methoxy groups -OCH3 is 2. The fourth-order valence-corrected chi connectivity index (χ4v) is 9.05. The second-order valence-electron chi connectivity index (χ2n) is 6.21. The van der Waals surface area contributed by atoms with Crippen molar-refractivity contribution in [3.05, 3.63) is 0 Å². The molecule has 2 aliphatic carbocycles. The summed E-state index contributed by atoms with van der Waals surface area (Å²) in [5.41, 5.74) is 1.96. The molecule has 3 heteroatoms. The van der Waals surface area contributed by atoms with E-state index in [4.69, 9.17) is 9.47 Å². The first kappa shape index (κ1) is 14.5. The Morgan fingerprint density at radius 3 is 1.44 bits per heavy atom. The van der Waals surface area contributed by atoms with Crippen LogP contribution in [0.4, 0.5) is 0 Å². The summed E-state index contributed by atoms with van der Waals surface area (Å²) in [6.07, 6.45) is 14.5. The molecule has 0 aliphatic heterocycles. The van der Waals surface area contributed by atoms with Crippen molar-refractivity contribution in [3.63, 3.8) is 0 Å². The first-order chi connectivity index (χ1) is 8.86. The summed E-state index contributed by atoms with van der Waals surface area (Å²) in [7, 11) is 2.74. The highest BCUT2D eigenvalue weighted by molar-refractivity contribution is 6.63. The molecule has 0 spiro atoms. The highest BCUT2D eigenvalue weighted by Gasteiger charge is 2.38. The lowest BCUT2D eigenvalue weighted by Crippen LogP contribution is -2.43. The fourth-order valence-electron chi connectivity index (χ4n) is 4.28. The van der Waals surface area contributed by atoms with Gasteiger partial charge in [-0.05, 0) is 11.1 Å². The van der Waals surface area contributed by atoms with Crippen molar-refractivity contribution in [1.82, 2.24) is 0 Å². The lowest BCUT2D eigenvalue weighted by Gasteiger charge is -2.39. The Labute approximate surface area is 114 Å². The van der Waals surface area contributed by atoms with Crippen LogP contribution >= 0.6 is 0 Å². The monoisotopic (exact) mass is 270 g/mol. The van der Waals surface area contributed by atoms with Gasteiger partial charge in [-0.15, -0.1) is 0 Å². The van der Waals surface area contributed by atoms with E-state index >= 15 is 0 Å². The maximum atomic E-state index is 5.71. The molecule has 2 rings (SSSR count). The highest BCUT2D eigenvalue weighted by Crippen LogP contribution is 2.43. The molecule has 0 N–H and O–H groups in total. The molecular formula is C15H30O2Si. The van der Waals surface area contributed by atoms with E-state index in [1.54, 1.807) is 0 Å². The number of rotatable bonds is 5. The number of ether oxygens (including phenoxy) is 2. The van der Waals surface area contributed by atoms with Crippen LogP contribution in [0.15, 0.2) is 0 Å². The second-order valence-corrected chi connectivity index (χ2v) is 9.80. The van der Waals surface area contributed by atoms with Crippen LogP contribution in [0.3, 0.4) is 0 Å². The summed E-state index contributed by atoms with van der Waals surface area (Å²) in [5.74, 6) is 0.163. The summed E-state index contributed by atoms with van der Waals surface area (Å²) >= 11 is 0. The lowest BCUT2D eigenvalue weighted by atomic mass is 9.99. The fraction of sp³-hybridized carbons (Fsp3) is 1.00. The normalized spacial score (nSPS) is 24.0. The van der Waals surface area contributed by atoms with Gasteiger partial charge in [0.15, 0.2) is 0 Å². The molecule has 0 unspecified atom stereocenters. The molecule has 106 valence electrons. The average molecular weight is 270 g/mol. The molecule has 0 saturated heterocycles. The van der Waals surface area contributed by atoms with Gasteiger partial charge in [0.25, 0.3) is 0 Å². The minimum atomic E-state index is -0.956. The first-order valence-corrected chi connectivity index (χ1v) is 9.92. The summed E-state index contributed by atoms with van der Waals surface area (Å²) in [6.45, 7) is 0. The van der Waals surface area contributed by atoms with Gasteiger partial charge in [-0.3, -0.25) is 0 Å². The maximum absolute atomic E-state index is 5.71. The molecule has 0 aromatic rings. The zero-order chi connectivity index (χ0) is 12.8. The molecule has 2 fully saturated rings. The molecule has 2 nitrogen and oxygen atoms in total. The van der Waals surface area contributed by atoms with Crippen molar-refractivity contribution in [2.24, 2.45) is 0 Å². The second kappa shape index (κ2) is 7.66. The molecule has 0 bridgehead atoms. The Morgan fingerprint density at radius 2 is 1.11 bits per heavy atom. The standard InChI is InChI=1S/C15H30O2Si/c1-16-15(17-2)18(13-9-5-3-6-10-13)14-11-7-4-8-12-14/h13-15,18H,3-12H2,1-2H3. The van der Waals surface area contributed by atoms with Crippen LogP contribution in [0.2, 0.25) is 11.1 Å². The third kappa shape index (κ3) is 3.58. The third-order valence-electron chi connectivity index (χ3n) is 5.17. The minimum absolute atomic E-state index is 0.163. The Kier molecular flexibility index (Phi) is 6.19. The van der Waals surface area contributed by atoms with E-state index in [1.807, 2.05) is 14.2 Å². The van der Waals surface area contributed by atoms with Crippen LogP contribution in [0.1, 0.15) is 64.2 Å². The quantitative estimate of drug-likeness (QED) is 0.554.